The standard InChI is InChI=1S/C13H29NO3S/c1-5-18(15,16)10-6-7-13(12(2)3)11-14-8-9-17-4/h12-14H,5-11H2,1-4H3. The number of nitrogens with one attached hydrogen (secondary N) is 1. The number of hydrogen-bond acceptors (Lipinski definition) is 4. The fourth-order valence-corrected chi connectivity index (χ4v) is 2.74. The van der Waals surface area contributed by atoms with Crippen LogP contribution >= 0.6 is 0 Å². The summed E-state index contributed by atoms with van der Waals surface area (Å²) < 4.78 is 27.8. The molecule has 0 aliphatic rings. The van der Waals surface area contributed by atoms with Crippen molar-refractivity contribution >= 4 is 9.84 Å². The minimum atomic E-state index is -2.81. The first-order chi connectivity index (χ1) is 8.43. The monoisotopic (exact) mass is 279 g/mol. The molecule has 0 saturated carbocycles. The molecule has 0 spiro atoms. The van der Waals surface area contributed by atoms with Gasteiger partial charge in [-0.2, -0.15) is 0 Å². The summed E-state index contributed by atoms with van der Waals surface area (Å²) in [6.07, 6.45) is 1.74. The smallest absolute Gasteiger partial charge is 0.150 e. The quantitative estimate of drug-likeness (QED) is 0.585. The molecule has 0 saturated heterocycles. The summed E-state index contributed by atoms with van der Waals surface area (Å²) in [7, 11) is -1.12. The van der Waals surface area contributed by atoms with Gasteiger partial charge >= 0.3 is 0 Å². The van der Waals surface area contributed by atoms with Crippen LogP contribution < -0.4 is 5.32 Å². The molecule has 0 aliphatic heterocycles. The van der Waals surface area contributed by atoms with E-state index in [1.807, 2.05) is 0 Å². The van der Waals surface area contributed by atoms with Gasteiger partial charge in [0.2, 0.25) is 0 Å². The fraction of sp³-hybridized carbons (Fsp3) is 1.00. The summed E-state index contributed by atoms with van der Waals surface area (Å²) in [6.45, 7) is 8.60. The molecular formula is C13H29NO3S. The lowest BCUT2D eigenvalue weighted by atomic mass is 9.91. The third-order valence-electron chi connectivity index (χ3n) is 3.30. The van der Waals surface area contributed by atoms with Gasteiger partial charge in [0.25, 0.3) is 0 Å². The van der Waals surface area contributed by atoms with E-state index in [9.17, 15) is 8.42 Å². The van der Waals surface area contributed by atoms with Crippen molar-refractivity contribution in [3.63, 3.8) is 0 Å². The van der Waals surface area contributed by atoms with Gasteiger partial charge in [0.05, 0.1) is 12.4 Å². The minimum absolute atomic E-state index is 0.255. The topological polar surface area (TPSA) is 55.4 Å². The average Bonchev–Trinajstić information content (AvgIpc) is 2.31. The van der Waals surface area contributed by atoms with Crippen LogP contribution in [0.1, 0.15) is 33.6 Å². The maximum absolute atomic E-state index is 11.4. The van der Waals surface area contributed by atoms with Gasteiger partial charge < -0.3 is 10.1 Å². The van der Waals surface area contributed by atoms with Crippen molar-refractivity contribution in [1.82, 2.24) is 5.32 Å². The van der Waals surface area contributed by atoms with Crippen LogP contribution in [0.5, 0.6) is 0 Å². The van der Waals surface area contributed by atoms with Crippen LogP contribution in [-0.2, 0) is 14.6 Å². The van der Waals surface area contributed by atoms with E-state index in [-0.39, 0.29) is 5.75 Å². The third-order valence-corrected chi connectivity index (χ3v) is 5.09. The first-order valence-electron chi connectivity index (χ1n) is 6.83. The summed E-state index contributed by atoms with van der Waals surface area (Å²) in [6, 6.07) is 0. The maximum atomic E-state index is 11.4. The highest BCUT2D eigenvalue weighted by Gasteiger charge is 2.15. The van der Waals surface area contributed by atoms with Gasteiger partial charge in [-0.15, -0.1) is 0 Å². The van der Waals surface area contributed by atoms with Crippen LogP contribution in [0.4, 0.5) is 0 Å². The molecule has 110 valence electrons. The summed E-state index contributed by atoms with van der Waals surface area (Å²) in [4.78, 5) is 0. The Balaban J connectivity index is 3.90. The number of hydrogen-bond donors (Lipinski definition) is 1. The molecule has 0 aromatic rings. The number of rotatable bonds is 11. The number of ether oxygens (including phenoxy) is 1. The van der Waals surface area contributed by atoms with E-state index in [2.05, 4.69) is 19.2 Å². The lowest BCUT2D eigenvalue weighted by Crippen LogP contribution is -2.29. The second-order valence-corrected chi connectivity index (χ2v) is 7.55. The van der Waals surface area contributed by atoms with Crippen molar-refractivity contribution in [3.8, 4) is 0 Å². The molecule has 0 aliphatic carbocycles. The van der Waals surface area contributed by atoms with E-state index in [1.165, 1.54) is 0 Å². The van der Waals surface area contributed by atoms with E-state index in [0.29, 0.717) is 17.6 Å². The first-order valence-corrected chi connectivity index (χ1v) is 8.65. The fourth-order valence-electron chi connectivity index (χ4n) is 1.84. The summed E-state index contributed by atoms with van der Waals surface area (Å²) in [5, 5.41) is 3.35. The average molecular weight is 279 g/mol. The molecule has 0 heterocycles. The largest absolute Gasteiger partial charge is 0.383 e. The molecule has 0 radical (unpaired) electrons. The van der Waals surface area contributed by atoms with E-state index < -0.39 is 9.84 Å². The third kappa shape index (κ3) is 8.89. The molecule has 0 rings (SSSR count). The Hall–Kier alpha value is -0.130. The van der Waals surface area contributed by atoms with Gasteiger partial charge in [-0.05, 0) is 31.2 Å². The Kier molecular flexibility index (Phi) is 9.68. The SMILES string of the molecule is CCS(=O)(=O)CCCC(CNCCOC)C(C)C. The zero-order valence-electron chi connectivity index (χ0n) is 12.2. The van der Waals surface area contributed by atoms with Crippen LogP contribution in [0.15, 0.2) is 0 Å². The lowest BCUT2D eigenvalue weighted by Gasteiger charge is -2.21. The highest BCUT2D eigenvalue weighted by molar-refractivity contribution is 7.91. The molecule has 1 atom stereocenters. The van der Waals surface area contributed by atoms with Crippen molar-refractivity contribution in [3.05, 3.63) is 0 Å². The second-order valence-electron chi connectivity index (χ2n) is 5.08. The minimum Gasteiger partial charge on any atom is -0.383 e. The summed E-state index contributed by atoms with van der Waals surface area (Å²) in [5.74, 6) is 1.69. The van der Waals surface area contributed by atoms with E-state index in [1.54, 1.807) is 14.0 Å². The number of methoxy groups -OCH3 is 1. The Morgan fingerprint density at radius 2 is 1.94 bits per heavy atom. The molecular weight excluding hydrogens is 250 g/mol. The Labute approximate surface area is 112 Å². The zero-order valence-corrected chi connectivity index (χ0v) is 13.1. The van der Waals surface area contributed by atoms with E-state index in [0.717, 1.165) is 32.5 Å². The van der Waals surface area contributed by atoms with Gasteiger partial charge in [0.15, 0.2) is 0 Å². The molecule has 0 bridgehead atoms. The lowest BCUT2D eigenvalue weighted by molar-refractivity contribution is 0.195. The molecule has 5 heteroatoms. The highest BCUT2D eigenvalue weighted by atomic mass is 32.2. The Bertz CT molecular complexity index is 289. The summed E-state index contributed by atoms with van der Waals surface area (Å²) in [5.41, 5.74) is 0. The first kappa shape index (κ1) is 17.9. The van der Waals surface area contributed by atoms with Gasteiger partial charge in [-0.3, -0.25) is 0 Å². The normalized spacial score (nSPS) is 14.1. The predicted octanol–water partition coefficient (Wildman–Crippen LogP) is 1.71. The van der Waals surface area contributed by atoms with Crippen molar-refractivity contribution in [2.75, 3.05) is 38.3 Å². The molecule has 0 fully saturated rings. The van der Waals surface area contributed by atoms with Crippen LogP contribution in [-0.4, -0.2) is 46.7 Å². The van der Waals surface area contributed by atoms with Crippen molar-refractivity contribution < 1.29 is 13.2 Å². The molecule has 18 heavy (non-hydrogen) atoms. The van der Waals surface area contributed by atoms with E-state index >= 15 is 0 Å². The Morgan fingerprint density at radius 3 is 2.44 bits per heavy atom. The molecule has 1 N–H and O–H groups in total. The van der Waals surface area contributed by atoms with Crippen molar-refractivity contribution in [2.24, 2.45) is 11.8 Å². The van der Waals surface area contributed by atoms with Gasteiger partial charge in [-0.1, -0.05) is 20.8 Å². The number of sulfone groups is 1. The molecule has 0 aromatic carbocycles. The molecule has 0 aromatic heterocycles. The predicted molar refractivity (Wildman–Crippen MR) is 76.6 cm³/mol. The van der Waals surface area contributed by atoms with Gasteiger partial charge in [0.1, 0.15) is 9.84 Å². The van der Waals surface area contributed by atoms with Crippen LogP contribution in [0.3, 0.4) is 0 Å². The van der Waals surface area contributed by atoms with Crippen LogP contribution in [0, 0.1) is 11.8 Å². The van der Waals surface area contributed by atoms with Crippen molar-refractivity contribution in [1.29, 1.82) is 0 Å². The van der Waals surface area contributed by atoms with Gasteiger partial charge in [0, 0.05) is 19.4 Å². The highest BCUT2D eigenvalue weighted by Crippen LogP contribution is 2.16. The molecule has 0 amide bonds. The molecule has 1 unspecified atom stereocenters. The summed E-state index contributed by atoms with van der Waals surface area (Å²) >= 11 is 0. The van der Waals surface area contributed by atoms with Gasteiger partial charge in [-0.25, -0.2) is 8.42 Å². The van der Waals surface area contributed by atoms with Crippen molar-refractivity contribution in [2.45, 2.75) is 33.6 Å². The zero-order chi connectivity index (χ0) is 14.0. The Morgan fingerprint density at radius 1 is 1.28 bits per heavy atom. The molecule has 4 nitrogen and oxygen atoms in total. The maximum Gasteiger partial charge on any atom is 0.150 e. The van der Waals surface area contributed by atoms with E-state index in [4.69, 9.17) is 4.74 Å². The van der Waals surface area contributed by atoms with Crippen LogP contribution in [0.2, 0.25) is 0 Å². The van der Waals surface area contributed by atoms with Crippen LogP contribution in [0.25, 0.3) is 0 Å². The second kappa shape index (κ2) is 9.75.